The van der Waals surface area contributed by atoms with Gasteiger partial charge in [0.1, 0.15) is 0 Å². The van der Waals surface area contributed by atoms with Crippen LogP contribution in [0.3, 0.4) is 0 Å². The lowest BCUT2D eigenvalue weighted by Gasteiger charge is -2.29. The van der Waals surface area contributed by atoms with E-state index in [0.717, 1.165) is 12.1 Å². The fourth-order valence-corrected chi connectivity index (χ4v) is 4.55. The zero-order valence-corrected chi connectivity index (χ0v) is 13.3. The molecular formula is C12H14BrF3N2O2S. The van der Waals surface area contributed by atoms with Crippen molar-refractivity contribution in [3.05, 3.63) is 28.2 Å². The van der Waals surface area contributed by atoms with Crippen molar-refractivity contribution >= 4 is 26.0 Å². The number of halogens is 4. The highest BCUT2D eigenvalue weighted by molar-refractivity contribution is 9.10. The van der Waals surface area contributed by atoms with Crippen molar-refractivity contribution < 1.29 is 21.6 Å². The van der Waals surface area contributed by atoms with Crippen LogP contribution in [0.5, 0.6) is 0 Å². The van der Waals surface area contributed by atoms with Gasteiger partial charge >= 0.3 is 6.18 Å². The molecule has 0 unspecified atom stereocenters. The first-order valence-corrected chi connectivity index (χ1v) is 8.48. The Morgan fingerprint density at radius 2 is 1.81 bits per heavy atom. The molecule has 21 heavy (non-hydrogen) atoms. The molecule has 1 saturated heterocycles. The summed E-state index contributed by atoms with van der Waals surface area (Å²) >= 11 is 3.01. The van der Waals surface area contributed by atoms with Gasteiger partial charge in [-0.25, -0.2) is 8.42 Å². The van der Waals surface area contributed by atoms with E-state index in [1.807, 2.05) is 0 Å². The molecule has 2 N–H and O–H groups in total. The average Bonchev–Trinajstić information content (AvgIpc) is 2.38. The molecule has 1 aromatic carbocycles. The summed E-state index contributed by atoms with van der Waals surface area (Å²) < 4.78 is 64.5. The maximum absolute atomic E-state index is 12.7. The number of nitrogens with zero attached hydrogens (tertiary/aromatic N) is 1. The summed E-state index contributed by atoms with van der Waals surface area (Å²) in [6.07, 6.45) is -3.60. The van der Waals surface area contributed by atoms with Gasteiger partial charge in [0.15, 0.2) is 0 Å². The summed E-state index contributed by atoms with van der Waals surface area (Å²) in [6.45, 7) is 0.429. The molecule has 0 amide bonds. The summed E-state index contributed by atoms with van der Waals surface area (Å²) in [5.74, 6) is 0. The number of alkyl halides is 3. The molecule has 0 spiro atoms. The van der Waals surface area contributed by atoms with Crippen LogP contribution in [-0.4, -0.2) is 31.9 Å². The molecule has 1 aliphatic rings. The number of hydrogen-bond acceptors (Lipinski definition) is 3. The van der Waals surface area contributed by atoms with Crippen molar-refractivity contribution in [2.75, 3.05) is 13.1 Å². The largest absolute Gasteiger partial charge is 0.416 e. The molecule has 1 aromatic rings. The number of nitrogens with two attached hydrogens (primary N) is 1. The minimum Gasteiger partial charge on any atom is -0.328 e. The van der Waals surface area contributed by atoms with E-state index in [9.17, 15) is 21.6 Å². The number of rotatable bonds is 2. The van der Waals surface area contributed by atoms with E-state index < -0.39 is 21.8 Å². The van der Waals surface area contributed by atoms with E-state index >= 15 is 0 Å². The molecule has 0 aliphatic carbocycles. The Kier molecular flexibility index (Phi) is 4.67. The molecule has 0 atom stereocenters. The van der Waals surface area contributed by atoms with Crippen molar-refractivity contribution in [1.82, 2.24) is 4.31 Å². The zero-order chi connectivity index (χ0) is 15.8. The van der Waals surface area contributed by atoms with Crippen LogP contribution in [-0.2, 0) is 16.2 Å². The normalized spacial score (nSPS) is 18.9. The van der Waals surface area contributed by atoms with Crippen LogP contribution in [0.1, 0.15) is 18.4 Å². The minimum atomic E-state index is -4.59. The van der Waals surface area contributed by atoms with Crippen LogP contribution in [0.25, 0.3) is 0 Å². The van der Waals surface area contributed by atoms with Crippen LogP contribution in [0, 0.1) is 0 Å². The summed E-state index contributed by atoms with van der Waals surface area (Å²) in [4.78, 5) is -0.368. The second-order valence-electron chi connectivity index (χ2n) is 4.88. The Morgan fingerprint density at radius 3 is 2.33 bits per heavy atom. The first-order valence-electron chi connectivity index (χ1n) is 6.25. The Balaban J connectivity index is 2.40. The SMILES string of the molecule is NC1CCN(S(=O)(=O)c2cc(C(F)(F)F)ccc2Br)CC1. The van der Waals surface area contributed by atoms with Gasteiger partial charge < -0.3 is 5.73 Å². The van der Waals surface area contributed by atoms with E-state index in [2.05, 4.69) is 15.9 Å². The summed E-state index contributed by atoms with van der Waals surface area (Å²) in [5, 5.41) is 0. The van der Waals surface area contributed by atoms with E-state index in [-0.39, 0.29) is 28.5 Å². The van der Waals surface area contributed by atoms with E-state index in [1.54, 1.807) is 0 Å². The zero-order valence-electron chi connectivity index (χ0n) is 10.9. The van der Waals surface area contributed by atoms with Crippen LogP contribution in [0.4, 0.5) is 13.2 Å². The van der Waals surface area contributed by atoms with Gasteiger partial charge in [0.05, 0.1) is 10.5 Å². The molecular weight excluding hydrogens is 373 g/mol. The molecule has 4 nitrogen and oxygen atoms in total. The van der Waals surface area contributed by atoms with Gasteiger partial charge in [0.25, 0.3) is 0 Å². The molecule has 9 heteroatoms. The smallest absolute Gasteiger partial charge is 0.328 e. The number of sulfonamides is 1. The first kappa shape index (κ1) is 16.7. The van der Waals surface area contributed by atoms with Crippen molar-refractivity contribution in [2.24, 2.45) is 5.73 Å². The molecule has 118 valence electrons. The van der Waals surface area contributed by atoms with Gasteiger partial charge in [-0.05, 0) is 47.0 Å². The molecule has 0 aromatic heterocycles. The Morgan fingerprint density at radius 1 is 1.24 bits per heavy atom. The van der Waals surface area contributed by atoms with Crippen molar-refractivity contribution in [1.29, 1.82) is 0 Å². The lowest BCUT2D eigenvalue weighted by Crippen LogP contribution is -2.42. The third-order valence-corrected chi connectivity index (χ3v) is 6.27. The highest BCUT2D eigenvalue weighted by Crippen LogP contribution is 2.34. The first-order chi connectivity index (χ1) is 9.62. The van der Waals surface area contributed by atoms with Crippen molar-refractivity contribution in [3.63, 3.8) is 0 Å². The lowest BCUT2D eigenvalue weighted by molar-refractivity contribution is -0.137. The molecule has 2 rings (SSSR count). The fraction of sp³-hybridized carbons (Fsp3) is 0.500. The molecule has 0 radical (unpaired) electrons. The van der Waals surface area contributed by atoms with Gasteiger partial charge in [-0.1, -0.05) is 0 Å². The lowest BCUT2D eigenvalue weighted by atomic mass is 10.1. The highest BCUT2D eigenvalue weighted by Gasteiger charge is 2.35. The topological polar surface area (TPSA) is 63.4 Å². The Labute approximate surface area is 129 Å². The quantitative estimate of drug-likeness (QED) is 0.849. The van der Waals surface area contributed by atoms with E-state index in [0.29, 0.717) is 18.9 Å². The second-order valence-corrected chi connectivity index (χ2v) is 7.65. The van der Waals surface area contributed by atoms with Gasteiger partial charge in [-0.15, -0.1) is 0 Å². The fourth-order valence-electron chi connectivity index (χ4n) is 2.13. The molecule has 1 fully saturated rings. The Hall–Kier alpha value is -0.640. The number of piperidine rings is 1. The third-order valence-electron chi connectivity index (χ3n) is 3.37. The van der Waals surface area contributed by atoms with Crippen LogP contribution >= 0.6 is 15.9 Å². The van der Waals surface area contributed by atoms with Gasteiger partial charge in [0.2, 0.25) is 10.0 Å². The molecule has 0 saturated carbocycles. The Bertz CT molecular complexity index is 626. The average molecular weight is 387 g/mol. The van der Waals surface area contributed by atoms with Crippen LogP contribution in [0.15, 0.2) is 27.6 Å². The maximum atomic E-state index is 12.7. The predicted octanol–water partition coefficient (Wildman–Crippen LogP) is 2.58. The van der Waals surface area contributed by atoms with Crippen molar-refractivity contribution in [2.45, 2.75) is 30.0 Å². The molecule has 0 bridgehead atoms. The van der Waals surface area contributed by atoms with E-state index in [4.69, 9.17) is 5.73 Å². The summed E-state index contributed by atoms with van der Waals surface area (Å²) in [5.41, 5.74) is 4.72. The standard InChI is InChI=1S/C12H14BrF3N2O2S/c13-10-2-1-8(12(14,15)16)7-11(10)21(19,20)18-5-3-9(17)4-6-18/h1-2,7,9H,3-6,17H2. The number of hydrogen-bond donors (Lipinski definition) is 1. The van der Waals surface area contributed by atoms with Crippen LogP contribution < -0.4 is 5.73 Å². The molecule has 1 aliphatic heterocycles. The summed E-state index contributed by atoms with van der Waals surface area (Å²) in [6, 6.07) is 2.54. The van der Waals surface area contributed by atoms with Crippen LogP contribution in [0.2, 0.25) is 0 Å². The summed E-state index contributed by atoms with van der Waals surface area (Å²) in [7, 11) is -3.97. The van der Waals surface area contributed by atoms with E-state index in [1.165, 1.54) is 4.31 Å². The number of benzene rings is 1. The highest BCUT2D eigenvalue weighted by atomic mass is 79.9. The maximum Gasteiger partial charge on any atom is 0.416 e. The minimum absolute atomic E-state index is 0.0681. The predicted molar refractivity (Wildman–Crippen MR) is 75.1 cm³/mol. The van der Waals surface area contributed by atoms with Gasteiger partial charge in [0, 0.05) is 23.6 Å². The molecule has 1 heterocycles. The van der Waals surface area contributed by atoms with Gasteiger partial charge in [-0.3, -0.25) is 0 Å². The monoisotopic (exact) mass is 386 g/mol. The second kappa shape index (κ2) is 5.86. The van der Waals surface area contributed by atoms with Gasteiger partial charge in [-0.2, -0.15) is 17.5 Å². The van der Waals surface area contributed by atoms with Crippen molar-refractivity contribution in [3.8, 4) is 0 Å². The third kappa shape index (κ3) is 3.58.